The Labute approximate surface area is 122 Å². The number of hydrogen-bond acceptors (Lipinski definition) is 6. The Morgan fingerprint density at radius 1 is 1.43 bits per heavy atom. The topological polar surface area (TPSA) is 99.5 Å². The highest BCUT2D eigenvalue weighted by Crippen LogP contribution is 2.70. The molecule has 2 saturated heterocycles. The van der Waals surface area contributed by atoms with E-state index in [1.165, 1.54) is 0 Å². The molecule has 0 aromatic heterocycles. The summed E-state index contributed by atoms with van der Waals surface area (Å²) in [5.41, 5.74) is -2.16. The standard InChI is InChI=1S/C15H20O6/c1-7-3-9-14(5-16,11(19)10(7)18)13(2)4-8(17)12(21-9)15(13)6-20-15/h3,8-9,11-12,16-17,19H,4-6H2,1-2H3/t8-,9+,11-,12+,13+,14+,15?/m0/s1. The van der Waals surface area contributed by atoms with Crippen molar-refractivity contribution in [1.82, 2.24) is 0 Å². The van der Waals surface area contributed by atoms with Gasteiger partial charge in [-0.15, -0.1) is 0 Å². The van der Waals surface area contributed by atoms with Crippen molar-refractivity contribution in [2.45, 2.75) is 50.3 Å². The summed E-state index contributed by atoms with van der Waals surface area (Å²) in [6.45, 7) is 3.55. The molecule has 4 rings (SSSR count). The average molecular weight is 296 g/mol. The number of aliphatic hydroxyl groups excluding tert-OH is 3. The van der Waals surface area contributed by atoms with Gasteiger partial charge in [0.25, 0.3) is 0 Å². The molecule has 2 aliphatic heterocycles. The van der Waals surface area contributed by atoms with Crippen molar-refractivity contribution < 1.29 is 29.6 Å². The molecule has 4 aliphatic rings. The van der Waals surface area contributed by atoms with Crippen LogP contribution in [0.1, 0.15) is 20.3 Å². The van der Waals surface area contributed by atoms with Gasteiger partial charge >= 0.3 is 0 Å². The maximum atomic E-state index is 12.3. The van der Waals surface area contributed by atoms with E-state index in [0.717, 1.165) is 0 Å². The predicted octanol–water partition coefficient (Wildman–Crippen LogP) is -0.838. The summed E-state index contributed by atoms with van der Waals surface area (Å²) < 4.78 is 11.6. The van der Waals surface area contributed by atoms with Crippen LogP contribution in [0.5, 0.6) is 0 Å². The monoisotopic (exact) mass is 296 g/mol. The van der Waals surface area contributed by atoms with Gasteiger partial charge in [-0.3, -0.25) is 4.79 Å². The summed E-state index contributed by atoms with van der Waals surface area (Å²) in [5.74, 6) is -0.388. The molecule has 7 atom stereocenters. The van der Waals surface area contributed by atoms with Crippen molar-refractivity contribution in [3.05, 3.63) is 11.6 Å². The molecule has 0 amide bonds. The van der Waals surface area contributed by atoms with Gasteiger partial charge in [-0.2, -0.15) is 0 Å². The van der Waals surface area contributed by atoms with Crippen LogP contribution in [0.15, 0.2) is 11.6 Å². The van der Waals surface area contributed by atoms with Gasteiger partial charge in [0.1, 0.15) is 17.8 Å². The van der Waals surface area contributed by atoms with Gasteiger partial charge in [0, 0.05) is 5.41 Å². The lowest BCUT2D eigenvalue weighted by Crippen LogP contribution is -2.70. The molecular weight excluding hydrogens is 276 g/mol. The Kier molecular flexibility index (Phi) is 2.47. The third kappa shape index (κ3) is 1.22. The Hall–Kier alpha value is -0.790. The first-order valence-corrected chi connectivity index (χ1v) is 7.33. The maximum Gasteiger partial charge on any atom is 0.187 e. The number of carbonyl (C=O) groups excluding carboxylic acids is 1. The Bertz CT molecular complexity index is 552. The van der Waals surface area contributed by atoms with E-state index < -0.39 is 47.5 Å². The second-order valence-corrected chi connectivity index (χ2v) is 7.07. The van der Waals surface area contributed by atoms with Gasteiger partial charge in [0.2, 0.25) is 0 Å². The summed E-state index contributed by atoms with van der Waals surface area (Å²) in [5, 5.41) is 31.1. The number of carbonyl (C=O) groups is 1. The molecule has 1 spiro atoms. The summed E-state index contributed by atoms with van der Waals surface area (Å²) in [7, 11) is 0. The Morgan fingerprint density at radius 3 is 2.67 bits per heavy atom. The van der Waals surface area contributed by atoms with E-state index in [4.69, 9.17) is 9.47 Å². The van der Waals surface area contributed by atoms with Gasteiger partial charge in [-0.05, 0) is 25.0 Å². The zero-order chi connectivity index (χ0) is 15.2. The van der Waals surface area contributed by atoms with E-state index in [1.54, 1.807) is 13.0 Å². The van der Waals surface area contributed by atoms with Crippen LogP contribution in [0, 0.1) is 10.8 Å². The smallest absolute Gasteiger partial charge is 0.187 e. The SMILES string of the molecule is CC1=C[C@H]2O[C@@H]3[C@@H](O)C[C@@](C)(C34CO4)[C@@]2(CO)[C@@H](O)C1=O. The van der Waals surface area contributed by atoms with E-state index in [1.807, 2.05) is 6.92 Å². The molecule has 6 nitrogen and oxygen atoms in total. The molecule has 0 aromatic carbocycles. The lowest BCUT2D eigenvalue weighted by molar-refractivity contribution is -0.244. The first kappa shape index (κ1) is 13.8. The molecule has 2 bridgehead atoms. The van der Waals surface area contributed by atoms with Crippen LogP contribution in [0.2, 0.25) is 0 Å². The van der Waals surface area contributed by atoms with E-state index >= 15 is 0 Å². The van der Waals surface area contributed by atoms with Gasteiger partial charge < -0.3 is 24.8 Å². The summed E-state index contributed by atoms with van der Waals surface area (Å²) in [4.78, 5) is 12.3. The van der Waals surface area contributed by atoms with Crippen molar-refractivity contribution in [2.75, 3.05) is 13.2 Å². The zero-order valence-electron chi connectivity index (χ0n) is 12.1. The number of Topliss-reactive ketones (excluding diaryl/α,β-unsaturated/α-hetero) is 1. The Balaban J connectivity index is 1.95. The molecule has 0 radical (unpaired) electrons. The molecule has 2 heterocycles. The molecule has 3 N–H and O–H groups in total. The second-order valence-electron chi connectivity index (χ2n) is 7.07. The van der Waals surface area contributed by atoms with E-state index in [0.29, 0.717) is 18.6 Å². The number of rotatable bonds is 1. The maximum absolute atomic E-state index is 12.3. The fourth-order valence-corrected chi connectivity index (χ4v) is 5.02. The van der Waals surface area contributed by atoms with Crippen LogP contribution >= 0.6 is 0 Å². The van der Waals surface area contributed by atoms with Crippen molar-refractivity contribution >= 4 is 5.78 Å². The molecule has 116 valence electrons. The first-order chi connectivity index (χ1) is 9.84. The average Bonchev–Trinajstić information content (AvgIpc) is 3.20. The number of hydrogen-bond donors (Lipinski definition) is 3. The highest BCUT2D eigenvalue weighted by molar-refractivity contribution is 6.00. The van der Waals surface area contributed by atoms with Crippen molar-refractivity contribution in [1.29, 1.82) is 0 Å². The van der Waals surface area contributed by atoms with Gasteiger partial charge in [0.05, 0.1) is 30.8 Å². The predicted molar refractivity (Wildman–Crippen MR) is 70.4 cm³/mol. The first-order valence-electron chi connectivity index (χ1n) is 7.33. The van der Waals surface area contributed by atoms with E-state index in [2.05, 4.69) is 0 Å². The number of fused-ring (bicyclic) bond motifs is 2. The van der Waals surface area contributed by atoms with Gasteiger partial charge in [-0.25, -0.2) is 0 Å². The Morgan fingerprint density at radius 2 is 2.10 bits per heavy atom. The highest BCUT2D eigenvalue weighted by atomic mass is 16.6. The number of aliphatic hydroxyl groups is 3. The minimum atomic E-state index is -1.35. The van der Waals surface area contributed by atoms with Crippen LogP contribution < -0.4 is 0 Å². The van der Waals surface area contributed by atoms with Crippen molar-refractivity contribution in [3.63, 3.8) is 0 Å². The van der Waals surface area contributed by atoms with Crippen molar-refractivity contribution in [2.24, 2.45) is 10.8 Å². The zero-order valence-corrected chi connectivity index (χ0v) is 12.1. The van der Waals surface area contributed by atoms with Crippen LogP contribution in [-0.4, -0.2) is 64.3 Å². The highest BCUT2D eigenvalue weighted by Gasteiger charge is 2.83. The number of ketones is 1. The largest absolute Gasteiger partial charge is 0.396 e. The summed E-state index contributed by atoms with van der Waals surface area (Å²) in [6.07, 6.45) is -1.14. The van der Waals surface area contributed by atoms with Crippen LogP contribution in [-0.2, 0) is 14.3 Å². The second kappa shape index (κ2) is 3.75. The third-order valence-electron chi connectivity index (χ3n) is 6.43. The van der Waals surface area contributed by atoms with Crippen molar-refractivity contribution in [3.8, 4) is 0 Å². The van der Waals surface area contributed by atoms with E-state index in [9.17, 15) is 20.1 Å². The fourth-order valence-electron chi connectivity index (χ4n) is 5.02. The molecule has 0 aromatic rings. The molecule has 6 heteroatoms. The quantitative estimate of drug-likeness (QED) is 0.546. The minimum Gasteiger partial charge on any atom is -0.396 e. The van der Waals surface area contributed by atoms with Crippen LogP contribution in [0.25, 0.3) is 0 Å². The number of ether oxygens (including phenoxy) is 2. The third-order valence-corrected chi connectivity index (χ3v) is 6.43. The minimum absolute atomic E-state index is 0.339. The van der Waals surface area contributed by atoms with E-state index in [-0.39, 0.29) is 5.78 Å². The molecule has 1 unspecified atom stereocenters. The lowest BCUT2D eigenvalue weighted by atomic mass is 9.50. The van der Waals surface area contributed by atoms with Crippen LogP contribution in [0.3, 0.4) is 0 Å². The lowest BCUT2D eigenvalue weighted by Gasteiger charge is -2.58. The normalized spacial score (nSPS) is 58.1. The van der Waals surface area contributed by atoms with Gasteiger partial charge in [-0.1, -0.05) is 6.92 Å². The molecule has 2 aliphatic carbocycles. The fraction of sp³-hybridized carbons (Fsp3) is 0.800. The summed E-state index contributed by atoms with van der Waals surface area (Å²) in [6, 6.07) is 0. The molecule has 3 fully saturated rings. The molecule has 21 heavy (non-hydrogen) atoms. The van der Waals surface area contributed by atoms with Gasteiger partial charge in [0.15, 0.2) is 5.78 Å². The summed E-state index contributed by atoms with van der Waals surface area (Å²) >= 11 is 0. The van der Waals surface area contributed by atoms with Crippen LogP contribution in [0.4, 0.5) is 0 Å². The molecular formula is C15H20O6. The number of epoxide rings is 1. The molecule has 1 saturated carbocycles.